The summed E-state index contributed by atoms with van der Waals surface area (Å²) in [4.78, 5) is 24.3. The van der Waals surface area contributed by atoms with Crippen LogP contribution in [0.1, 0.15) is 15.9 Å². The largest absolute Gasteiger partial charge is 0.322 e. The summed E-state index contributed by atoms with van der Waals surface area (Å²) in [6, 6.07) is 15.1. The third-order valence-corrected chi connectivity index (χ3v) is 3.62. The van der Waals surface area contributed by atoms with Crippen molar-refractivity contribution in [3.8, 4) is 0 Å². The lowest BCUT2D eigenvalue weighted by atomic mass is 10.2. The molecule has 0 unspecified atom stereocenters. The fourth-order valence-electron chi connectivity index (χ4n) is 2.35. The Morgan fingerprint density at radius 3 is 2.44 bits per heavy atom. The lowest BCUT2D eigenvalue weighted by Gasteiger charge is -2.09. The Labute approximate surface area is 142 Å². The zero-order chi connectivity index (χ0) is 17.8. The Bertz CT molecular complexity index is 969. The Hall–Kier alpha value is -3.28. The fourth-order valence-corrected chi connectivity index (χ4v) is 2.35. The highest BCUT2D eigenvalue weighted by atomic mass is 19.2. The third kappa shape index (κ3) is 3.98. The van der Waals surface area contributed by atoms with Gasteiger partial charge in [0, 0.05) is 24.0 Å². The van der Waals surface area contributed by atoms with Crippen LogP contribution in [0.25, 0.3) is 0 Å². The van der Waals surface area contributed by atoms with Crippen molar-refractivity contribution in [3.05, 3.63) is 100.0 Å². The molecule has 4 nitrogen and oxygen atoms in total. The van der Waals surface area contributed by atoms with Crippen LogP contribution in [0, 0.1) is 11.6 Å². The molecule has 25 heavy (non-hydrogen) atoms. The van der Waals surface area contributed by atoms with E-state index < -0.39 is 17.5 Å². The molecule has 0 atom stereocenters. The van der Waals surface area contributed by atoms with Gasteiger partial charge in [-0.2, -0.15) is 0 Å². The van der Waals surface area contributed by atoms with Crippen LogP contribution in [0.2, 0.25) is 0 Å². The molecule has 0 saturated heterocycles. The molecular weight excluding hydrogens is 326 g/mol. The maximum Gasteiger partial charge on any atom is 0.257 e. The first-order valence-corrected chi connectivity index (χ1v) is 7.54. The molecule has 2 aromatic carbocycles. The number of anilines is 1. The van der Waals surface area contributed by atoms with Crippen LogP contribution < -0.4 is 10.9 Å². The van der Waals surface area contributed by atoms with Gasteiger partial charge in [0.05, 0.1) is 12.1 Å². The number of nitrogens with zero attached hydrogens (tertiary/aromatic N) is 1. The molecule has 0 saturated carbocycles. The van der Waals surface area contributed by atoms with Gasteiger partial charge in [0.1, 0.15) is 0 Å². The van der Waals surface area contributed by atoms with Crippen LogP contribution in [-0.4, -0.2) is 10.5 Å². The highest BCUT2D eigenvalue weighted by molar-refractivity contribution is 6.04. The Morgan fingerprint density at radius 1 is 0.960 bits per heavy atom. The van der Waals surface area contributed by atoms with Gasteiger partial charge < -0.3 is 9.88 Å². The molecule has 0 aliphatic carbocycles. The van der Waals surface area contributed by atoms with Gasteiger partial charge in [0.25, 0.3) is 11.5 Å². The molecule has 1 aromatic heterocycles. The fraction of sp³-hybridized carbons (Fsp3) is 0.0526. The predicted octanol–water partition coefficient (Wildman–Crippen LogP) is 3.43. The number of nitrogens with one attached hydrogen (secondary N) is 1. The van der Waals surface area contributed by atoms with Gasteiger partial charge in [0.2, 0.25) is 0 Å². The van der Waals surface area contributed by atoms with Gasteiger partial charge in [-0.25, -0.2) is 8.78 Å². The molecule has 1 amide bonds. The van der Waals surface area contributed by atoms with E-state index in [0.717, 1.165) is 17.7 Å². The van der Waals surface area contributed by atoms with Crippen molar-refractivity contribution in [2.75, 3.05) is 5.32 Å². The van der Waals surface area contributed by atoms with Crippen molar-refractivity contribution < 1.29 is 13.6 Å². The number of hydrogen-bond donors (Lipinski definition) is 1. The summed E-state index contributed by atoms with van der Waals surface area (Å²) >= 11 is 0. The van der Waals surface area contributed by atoms with Crippen molar-refractivity contribution >= 4 is 11.6 Å². The summed E-state index contributed by atoms with van der Waals surface area (Å²) in [5.74, 6) is -2.56. The summed E-state index contributed by atoms with van der Waals surface area (Å²) < 4.78 is 27.6. The average Bonchev–Trinajstić information content (AvgIpc) is 2.61. The minimum atomic E-state index is -1.05. The van der Waals surface area contributed by atoms with Gasteiger partial charge in [0.15, 0.2) is 11.6 Å². The molecular formula is C19H14F2N2O2. The van der Waals surface area contributed by atoms with Crippen LogP contribution in [0.5, 0.6) is 0 Å². The molecule has 0 radical (unpaired) electrons. The molecule has 0 spiro atoms. The monoisotopic (exact) mass is 340 g/mol. The molecule has 126 valence electrons. The maximum absolute atomic E-state index is 13.2. The van der Waals surface area contributed by atoms with Crippen molar-refractivity contribution in [3.63, 3.8) is 0 Å². The Kier molecular flexibility index (Phi) is 4.70. The van der Waals surface area contributed by atoms with Gasteiger partial charge in [-0.05, 0) is 23.8 Å². The number of aromatic nitrogens is 1. The second-order valence-corrected chi connectivity index (χ2v) is 5.45. The van der Waals surface area contributed by atoms with Gasteiger partial charge in [-0.15, -0.1) is 0 Å². The van der Waals surface area contributed by atoms with Crippen LogP contribution in [0.15, 0.2) is 71.7 Å². The number of amides is 1. The number of hydrogen-bond acceptors (Lipinski definition) is 2. The molecule has 0 bridgehead atoms. The van der Waals surface area contributed by atoms with Gasteiger partial charge in [-0.1, -0.05) is 30.3 Å². The number of rotatable bonds is 4. The lowest BCUT2D eigenvalue weighted by molar-refractivity contribution is 0.102. The predicted molar refractivity (Wildman–Crippen MR) is 90.6 cm³/mol. The normalized spacial score (nSPS) is 10.5. The van der Waals surface area contributed by atoms with E-state index in [-0.39, 0.29) is 16.8 Å². The first-order valence-electron chi connectivity index (χ1n) is 7.54. The van der Waals surface area contributed by atoms with E-state index in [1.807, 2.05) is 30.3 Å². The first-order chi connectivity index (χ1) is 12.0. The third-order valence-electron chi connectivity index (χ3n) is 3.62. The van der Waals surface area contributed by atoms with E-state index in [0.29, 0.717) is 6.54 Å². The van der Waals surface area contributed by atoms with E-state index in [1.165, 1.54) is 29.0 Å². The molecule has 1 N–H and O–H groups in total. The lowest BCUT2D eigenvalue weighted by Crippen LogP contribution is -2.22. The minimum absolute atomic E-state index is 0.129. The number of carbonyl (C=O) groups is 1. The van der Waals surface area contributed by atoms with E-state index in [4.69, 9.17) is 0 Å². The second-order valence-electron chi connectivity index (χ2n) is 5.45. The Balaban J connectivity index is 1.82. The van der Waals surface area contributed by atoms with Crippen LogP contribution in [0.3, 0.4) is 0 Å². The van der Waals surface area contributed by atoms with Gasteiger partial charge in [-0.3, -0.25) is 9.59 Å². The van der Waals surface area contributed by atoms with E-state index in [1.54, 1.807) is 0 Å². The standard InChI is InChI=1S/C19H14F2N2O2/c20-16-8-7-15(10-17(16)21)22-19(25)14-6-9-18(24)23(12-14)11-13-4-2-1-3-5-13/h1-10,12H,11H2,(H,22,25). The number of pyridine rings is 1. The average molecular weight is 340 g/mol. The van der Waals surface area contributed by atoms with Crippen LogP contribution >= 0.6 is 0 Å². The number of halogens is 2. The SMILES string of the molecule is O=C(Nc1ccc(F)c(F)c1)c1ccc(=O)n(Cc2ccccc2)c1. The number of benzene rings is 2. The Morgan fingerprint density at radius 2 is 1.72 bits per heavy atom. The van der Waals surface area contributed by atoms with Crippen LogP contribution in [-0.2, 0) is 6.54 Å². The zero-order valence-corrected chi connectivity index (χ0v) is 13.1. The topological polar surface area (TPSA) is 51.1 Å². The molecule has 6 heteroatoms. The van der Waals surface area contributed by atoms with Crippen molar-refractivity contribution in [1.29, 1.82) is 0 Å². The summed E-state index contributed by atoms with van der Waals surface area (Å²) in [7, 11) is 0. The van der Waals surface area contributed by atoms with Crippen molar-refractivity contribution in [1.82, 2.24) is 4.57 Å². The molecule has 0 aliphatic heterocycles. The van der Waals surface area contributed by atoms with E-state index in [9.17, 15) is 18.4 Å². The summed E-state index contributed by atoms with van der Waals surface area (Å²) in [6.45, 7) is 0.325. The molecule has 3 rings (SSSR count). The van der Waals surface area contributed by atoms with Crippen molar-refractivity contribution in [2.24, 2.45) is 0 Å². The zero-order valence-electron chi connectivity index (χ0n) is 13.1. The number of carbonyl (C=O) groups excluding carboxylic acids is 1. The summed E-state index contributed by atoms with van der Waals surface area (Å²) in [5.41, 5.74) is 1.04. The van der Waals surface area contributed by atoms with E-state index >= 15 is 0 Å². The maximum atomic E-state index is 13.2. The molecule has 0 aliphatic rings. The van der Waals surface area contributed by atoms with Crippen molar-refractivity contribution in [2.45, 2.75) is 6.54 Å². The highest BCUT2D eigenvalue weighted by Crippen LogP contribution is 2.14. The molecule has 1 heterocycles. The smallest absolute Gasteiger partial charge is 0.257 e. The second kappa shape index (κ2) is 7.09. The minimum Gasteiger partial charge on any atom is -0.322 e. The van der Waals surface area contributed by atoms with Crippen LogP contribution in [0.4, 0.5) is 14.5 Å². The van der Waals surface area contributed by atoms with Gasteiger partial charge >= 0.3 is 0 Å². The quantitative estimate of drug-likeness (QED) is 0.791. The summed E-state index contributed by atoms with van der Waals surface area (Å²) in [5, 5.41) is 2.48. The molecule has 0 fully saturated rings. The summed E-state index contributed by atoms with van der Waals surface area (Å²) in [6.07, 6.45) is 1.44. The van der Waals surface area contributed by atoms with E-state index in [2.05, 4.69) is 5.32 Å². The highest BCUT2D eigenvalue weighted by Gasteiger charge is 2.10. The first kappa shape index (κ1) is 16.6. The molecule has 3 aromatic rings.